The lowest BCUT2D eigenvalue weighted by Crippen LogP contribution is -2.47. The van der Waals surface area contributed by atoms with Gasteiger partial charge in [-0.15, -0.1) is 0 Å². The number of azo groups is 2. The van der Waals surface area contributed by atoms with Crippen LogP contribution in [0.5, 0.6) is 0 Å². The van der Waals surface area contributed by atoms with Crippen LogP contribution in [0.1, 0.15) is 11.1 Å². The minimum absolute atomic E-state index is 0.879. The number of benzene rings is 2. The number of piperazine rings is 1. The second-order valence-electron chi connectivity index (χ2n) is 8.91. The predicted molar refractivity (Wildman–Crippen MR) is 146 cm³/mol. The number of anilines is 2. The molecule has 1 saturated heterocycles. The zero-order valence-corrected chi connectivity index (χ0v) is 22.6. The standard InChI is InChI=1S/C26H30N8S2/c1-19-17-21(27-29-25-31(3)13-15-35-25)5-7-23(19)33-9-11-34(12-10-33)24-8-6-22(18-20(24)2)28-30-26-32(4)14-16-36-26/h5-8,13-18H,9-12H2,1-4H3/q+2. The summed E-state index contributed by atoms with van der Waals surface area (Å²) >= 11 is 3.16. The van der Waals surface area contributed by atoms with E-state index in [1.165, 1.54) is 22.5 Å². The lowest BCUT2D eigenvalue weighted by atomic mass is 10.1. The topological polar surface area (TPSA) is 63.7 Å². The number of hydrogen-bond acceptors (Lipinski definition) is 8. The zero-order valence-electron chi connectivity index (χ0n) is 21.0. The van der Waals surface area contributed by atoms with E-state index in [0.29, 0.717) is 0 Å². The second-order valence-corrected chi connectivity index (χ2v) is 10.7. The van der Waals surface area contributed by atoms with E-state index >= 15 is 0 Å². The highest BCUT2D eigenvalue weighted by atomic mass is 32.1. The Morgan fingerprint density at radius 1 is 0.639 bits per heavy atom. The van der Waals surface area contributed by atoms with Crippen molar-refractivity contribution in [3.05, 3.63) is 70.7 Å². The van der Waals surface area contributed by atoms with Gasteiger partial charge in [-0.2, -0.15) is 0 Å². The van der Waals surface area contributed by atoms with E-state index in [-0.39, 0.29) is 0 Å². The number of aromatic nitrogens is 2. The van der Waals surface area contributed by atoms with E-state index in [1.54, 1.807) is 22.7 Å². The molecule has 0 bridgehead atoms. The molecule has 0 atom stereocenters. The fraction of sp³-hybridized carbons (Fsp3) is 0.308. The van der Waals surface area contributed by atoms with Gasteiger partial charge in [-0.05, 0) is 94.3 Å². The third kappa shape index (κ3) is 5.34. The van der Waals surface area contributed by atoms with Crippen molar-refractivity contribution in [1.82, 2.24) is 0 Å². The molecule has 4 aromatic rings. The van der Waals surface area contributed by atoms with E-state index in [1.807, 2.05) is 46.4 Å². The number of aryl methyl sites for hydroxylation is 4. The minimum atomic E-state index is 0.879. The fourth-order valence-corrected chi connectivity index (χ4v) is 5.71. The quantitative estimate of drug-likeness (QED) is 0.224. The Balaban J connectivity index is 1.21. The molecule has 0 saturated carbocycles. The van der Waals surface area contributed by atoms with E-state index in [2.05, 4.69) is 80.5 Å². The molecular formula is C26H30N8S2+2. The molecule has 2 aromatic carbocycles. The summed E-state index contributed by atoms with van der Waals surface area (Å²) in [7, 11) is 3.96. The Morgan fingerprint density at radius 3 is 1.39 bits per heavy atom. The molecule has 184 valence electrons. The van der Waals surface area contributed by atoms with Crippen molar-refractivity contribution in [1.29, 1.82) is 0 Å². The van der Waals surface area contributed by atoms with Gasteiger partial charge >= 0.3 is 10.3 Å². The summed E-state index contributed by atoms with van der Waals surface area (Å²) in [6, 6.07) is 12.7. The molecule has 0 amide bonds. The van der Waals surface area contributed by atoms with Gasteiger partial charge in [0.05, 0.1) is 24.3 Å². The SMILES string of the molecule is Cc1cc(/N=N/c2scc[n+]2C)ccc1N1CCN(c2ccc(/N=N/c3scc[n+]3C)cc2C)CC1. The largest absolute Gasteiger partial charge is 0.408 e. The van der Waals surface area contributed by atoms with Crippen molar-refractivity contribution in [3.63, 3.8) is 0 Å². The molecule has 1 aliphatic heterocycles. The van der Waals surface area contributed by atoms with Crippen molar-refractivity contribution in [2.45, 2.75) is 13.8 Å². The Hall–Kier alpha value is -3.50. The maximum Gasteiger partial charge on any atom is 0.408 e. The molecule has 8 nitrogen and oxygen atoms in total. The molecule has 0 unspecified atom stereocenters. The highest BCUT2D eigenvalue weighted by Gasteiger charge is 2.20. The van der Waals surface area contributed by atoms with Crippen LogP contribution in [0.15, 0.2) is 80.0 Å². The molecular weight excluding hydrogens is 488 g/mol. The Morgan fingerprint density at radius 2 is 1.06 bits per heavy atom. The van der Waals surface area contributed by atoms with E-state index in [4.69, 9.17) is 0 Å². The van der Waals surface area contributed by atoms with Gasteiger partial charge in [0.25, 0.3) is 0 Å². The number of thiazole rings is 2. The van der Waals surface area contributed by atoms with Crippen LogP contribution in [0.3, 0.4) is 0 Å². The first kappa shape index (κ1) is 24.2. The van der Waals surface area contributed by atoms with Crippen molar-refractivity contribution in [2.24, 2.45) is 34.6 Å². The average molecular weight is 519 g/mol. The summed E-state index contributed by atoms with van der Waals surface area (Å²) in [5.41, 5.74) is 6.74. The van der Waals surface area contributed by atoms with Crippen LogP contribution in [-0.4, -0.2) is 26.2 Å². The van der Waals surface area contributed by atoms with Crippen molar-refractivity contribution < 1.29 is 9.13 Å². The highest BCUT2D eigenvalue weighted by Crippen LogP contribution is 2.30. The van der Waals surface area contributed by atoms with Crippen molar-refractivity contribution >= 4 is 55.7 Å². The first-order valence-electron chi connectivity index (χ1n) is 11.9. The van der Waals surface area contributed by atoms with Gasteiger partial charge in [-0.3, -0.25) is 0 Å². The number of nitrogens with zero attached hydrogens (tertiary/aromatic N) is 8. The maximum atomic E-state index is 4.43. The Bertz CT molecular complexity index is 1310. The van der Waals surface area contributed by atoms with Gasteiger partial charge in [-0.25, -0.2) is 9.13 Å². The van der Waals surface area contributed by atoms with Crippen molar-refractivity contribution in [2.75, 3.05) is 36.0 Å². The van der Waals surface area contributed by atoms with Crippen LogP contribution in [0.4, 0.5) is 33.0 Å². The molecule has 0 radical (unpaired) electrons. The number of rotatable bonds is 6. The van der Waals surface area contributed by atoms with Gasteiger partial charge < -0.3 is 9.80 Å². The number of hydrogen-bond donors (Lipinski definition) is 0. The predicted octanol–water partition coefficient (Wildman–Crippen LogP) is 6.23. The molecule has 1 aliphatic rings. The highest BCUT2D eigenvalue weighted by molar-refractivity contribution is 7.13. The maximum absolute atomic E-state index is 4.43. The van der Waals surface area contributed by atoms with Crippen LogP contribution in [-0.2, 0) is 14.1 Å². The average Bonchev–Trinajstić information content (AvgIpc) is 3.49. The summed E-state index contributed by atoms with van der Waals surface area (Å²) < 4.78 is 3.94. The summed E-state index contributed by atoms with van der Waals surface area (Å²) in [5.74, 6) is 0. The van der Waals surface area contributed by atoms with Crippen LogP contribution in [0.2, 0.25) is 0 Å². The molecule has 1 fully saturated rings. The van der Waals surface area contributed by atoms with Crippen molar-refractivity contribution in [3.8, 4) is 0 Å². The fourth-order valence-electron chi connectivity index (χ4n) is 4.35. The Kier molecular flexibility index (Phi) is 7.15. The third-order valence-corrected chi connectivity index (χ3v) is 8.02. The zero-order chi connectivity index (χ0) is 25.1. The summed E-state index contributed by atoms with van der Waals surface area (Å²) in [4.78, 5) is 4.93. The van der Waals surface area contributed by atoms with E-state index in [9.17, 15) is 0 Å². The van der Waals surface area contributed by atoms with Crippen LogP contribution in [0, 0.1) is 13.8 Å². The van der Waals surface area contributed by atoms with Gasteiger partial charge in [0.15, 0.2) is 0 Å². The molecule has 2 aromatic heterocycles. The van der Waals surface area contributed by atoms with Crippen LogP contribution < -0.4 is 18.9 Å². The lowest BCUT2D eigenvalue weighted by Gasteiger charge is -2.38. The molecule has 0 N–H and O–H groups in total. The smallest absolute Gasteiger partial charge is 0.368 e. The Labute approximate surface area is 219 Å². The van der Waals surface area contributed by atoms with Gasteiger partial charge in [0, 0.05) is 48.3 Å². The van der Waals surface area contributed by atoms with Gasteiger partial charge in [0.1, 0.15) is 23.8 Å². The summed E-state index contributed by atoms with van der Waals surface area (Å²) in [5, 5.41) is 23.4. The molecule has 0 spiro atoms. The molecule has 5 rings (SSSR count). The van der Waals surface area contributed by atoms with Crippen LogP contribution in [0.25, 0.3) is 0 Å². The lowest BCUT2D eigenvalue weighted by molar-refractivity contribution is -0.654. The summed E-state index contributed by atoms with van der Waals surface area (Å²) in [6.45, 7) is 8.20. The normalized spacial score (nSPS) is 14.4. The molecule has 0 aliphatic carbocycles. The van der Waals surface area contributed by atoms with E-state index < -0.39 is 0 Å². The molecule has 10 heteroatoms. The first-order chi connectivity index (χ1) is 17.5. The second kappa shape index (κ2) is 10.6. The van der Waals surface area contributed by atoms with Crippen LogP contribution >= 0.6 is 22.7 Å². The van der Waals surface area contributed by atoms with Gasteiger partial charge in [-0.1, -0.05) is 0 Å². The first-order valence-corrected chi connectivity index (χ1v) is 13.6. The molecule has 3 heterocycles. The van der Waals surface area contributed by atoms with Gasteiger partial charge in [0.2, 0.25) is 0 Å². The monoisotopic (exact) mass is 518 g/mol. The summed E-state index contributed by atoms with van der Waals surface area (Å²) in [6.07, 6.45) is 3.97. The van der Waals surface area contributed by atoms with E-state index in [0.717, 1.165) is 47.8 Å². The minimum Gasteiger partial charge on any atom is -0.368 e. The molecule has 36 heavy (non-hydrogen) atoms. The third-order valence-electron chi connectivity index (χ3n) is 6.34.